The lowest BCUT2D eigenvalue weighted by molar-refractivity contribution is -0.123. The maximum atomic E-state index is 12.4. The Morgan fingerprint density at radius 1 is 0.846 bits per heavy atom. The van der Waals surface area contributed by atoms with Crippen molar-refractivity contribution in [2.75, 3.05) is 6.61 Å². The molecule has 1 N–H and O–H groups in total. The molecule has 3 aromatic carbocycles. The van der Waals surface area contributed by atoms with Crippen molar-refractivity contribution in [1.29, 1.82) is 0 Å². The molecule has 0 aliphatic heterocycles. The molecule has 26 heavy (non-hydrogen) atoms. The Hall–Kier alpha value is -2.49. The lowest BCUT2D eigenvalue weighted by atomic mass is 9.99. The zero-order chi connectivity index (χ0) is 18.4. The van der Waals surface area contributed by atoms with Crippen LogP contribution in [0.2, 0.25) is 10.0 Å². The van der Waals surface area contributed by atoms with E-state index in [1.807, 2.05) is 42.5 Å². The average Bonchev–Trinajstić information content (AvgIpc) is 2.66. The number of benzene rings is 3. The SMILES string of the molecule is O=C(COc1cccc(Cl)c1)N[C@@H](c1ccccc1)c1ccc(Cl)cc1. The molecule has 132 valence electrons. The van der Waals surface area contributed by atoms with Crippen molar-refractivity contribution in [2.45, 2.75) is 6.04 Å². The number of nitrogens with one attached hydrogen (secondary N) is 1. The first kappa shape index (κ1) is 18.3. The summed E-state index contributed by atoms with van der Waals surface area (Å²) in [7, 11) is 0. The Morgan fingerprint density at radius 3 is 2.23 bits per heavy atom. The first-order chi connectivity index (χ1) is 12.6. The van der Waals surface area contributed by atoms with Gasteiger partial charge in [0.15, 0.2) is 6.61 Å². The summed E-state index contributed by atoms with van der Waals surface area (Å²) in [6, 6.07) is 23.8. The Morgan fingerprint density at radius 2 is 1.54 bits per heavy atom. The third kappa shape index (κ3) is 5.01. The van der Waals surface area contributed by atoms with Gasteiger partial charge in [0, 0.05) is 10.0 Å². The summed E-state index contributed by atoms with van der Waals surface area (Å²) in [6.45, 7) is -0.0999. The van der Waals surface area contributed by atoms with E-state index in [0.717, 1.165) is 11.1 Å². The molecule has 1 amide bonds. The minimum absolute atomic E-state index is 0.0999. The molecule has 0 saturated heterocycles. The maximum Gasteiger partial charge on any atom is 0.258 e. The molecule has 0 fully saturated rings. The van der Waals surface area contributed by atoms with Gasteiger partial charge in [0.1, 0.15) is 5.75 Å². The number of ether oxygens (including phenoxy) is 1. The Kier molecular flexibility index (Phi) is 6.16. The molecule has 0 spiro atoms. The first-order valence-electron chi connectivity index (χ1n) is 8.10. The van der Waals surface area contributed by atoms with E-state index in [-0.39, 0.29) is 18.6 Å². The maximum absolute atomic E-state index is 12.4. The van der Waals surface area contributed by atoms with Gasteiger partial charge in [0.25, 0.3) is 5.91 Å². The predicted molar refractivity (Wildman–Crippen MR) is 105 cm³/mol. The lowest BCUT2D eigenvalue weighted by Gasteiger charge is -2.20. The number of rotatable bonds is 6. The van der Waals surface area contributed by atoms with E-state index < -0.39 is 0 Å². The summed E-state index contributed by atoms with van der Waals surface area (Å²) in [5.74, 6) is 0.323. The van der Waals surface area contributed by atoms with Crippen LogP contribution < -0.4 is 10.1 Å². The van der Waals surface area contributed by atoms with E-state index in [9.17, 15) is 4.79 Å². The summed E-state index contributed by atoms with van der Waals surface area (Å²) in [4.78, 5) is 12.4. The fourth-order valence-electron chi connectivity index (χ4n) is 2.57. The van der Waals surface area contributed by atoms with Gasteiger partial charge in [-0.3, -0.25) is 4.79 Å². The number of carbonyl (C=O) groups is 1. The van der Waals surface area contributed by atoms with E-state index in [0.29, 0.717) is 15.8 Å². The molecule has 0 unspecified atom stereocenters. The van der Waals surface area contributed by atoms with Crippen LogP contribution in [-0.4, -0.2) is 12.5 Å². The third-order valence-electron chi connectivity index (χ3n) is 3.81. The van der Waals surface area contributed by atoms with Crippen molar-refractivity contribution in [3.8, 4) is 5.75 Å². The normalized spacial score (nSPS) is 11.6. The topological polar surface area (TPSA) is 38.3 Å². The Bertz CT molecular complexity index is 867. The second-order valence-corrected chi connectivity index (χ2v) is 6.58. The predicted octanol–water partition coefficient (Wildman–Crippen LogP) is 5.28. The van der Waals surface area contributed by atoms with Crippen LogP contribution >= 0.6 is 23.2 Å². The molecular formula is C21H17Cl2NO2. The van der Waals surface area contributed by atoms with Gasteiger partial charge in [0.05, 0.1) is 6.04 Å². The summed E-state index contributed by atoms with van der Waals surface area (Å²) >= 11 is 11.9. The highest BCUT2D eigenvalue weighted by molar-refractivity contribution is 6.30. The second kappa shape index (κ2) is 8.75. The molecule has 0 radical (unpaired) electrons. The van der Waals surface area contributed by atoms with Gasteiger partial charge in [0.2, 0.25) is 0 Å². The van der Waals surface area contributed by atoms with E-state index >= 15 is 0 Å². The largest absolute Gasteiger partial charge is 0.484 e. The van der Waals surface area contributed by atoms with E-state index in [2.05, 4.69) is 5.32 Å². The van der Waals surface area contributed by atoms with Crippen LogP contribution in [0.5, 0.6) is 5.75 Å². The van der Waals surface area contributed by atoms with E-state index in [1.54, 1.807) is 36.4 Å². The molecule has 5 heteroatoms. The van der Waals surface area contributed by atoms with Crippen molar-refractivity contribution in [2.24, 2.45) is 0 Å². The van der Waals surface area contributed by atoms with Crippen LogP contribution in [0.15, 0.2) is 78.9 Å². The van der Waals surface area contributed by atoms with Gasteiger partial charge in [-0.15, -0.1) is 0 Å². The van der Waals surface area contributed by atoms with Crippen LogP contribution in [0.3, 0.4) is 0 Å². The summed E-state index contributed by atoms with van der Waals surface area (Å²) in [5.41, 5.74) is 1.92. The van der Waals surface area contributed by atoms with Gasteiger partial charge >= 0.3 is 0 Å². The number of hydrogen-bond acceptors (Lipinski definition) is 2. The fourth-order valence-corrected chi connectivity index (χ4v) is 2.87. The standard InChI is InChI=1S/C21H17Cl2NO2/c22-17-11-9-16(10-12-17)21(15-5-2-1-3-6-15)24-20(25)14-26-19-8-4-7-18(23)13-19/h1-13,21H,14H2,(H,24,25)/t21-/m0/s1. The molecule has 1 atom stereocenters. The van der Waals surface area contributed by atoms with Crippen LogP contribution in [0.25, 0.3) is 0 Å². The minimum atomic E-state index is -0.288. The van der Waals surface area contributed by atoms with Gasteiger partial charge in [-0.05, 0) is 41.5 Å². The van der Waals surface area contributed by atoms with Crippen LogP contribution in [0.1, 0.15) is 17.2 Å². The number of amides is 1. The molecule has 0 heterocycles. The highest BCUT2D eigenvalue weighted by Crippen LogP contribution is 2.23. The van der Waals surface area contributed by atoms with Crippen molar-refractivity contribution in [3.63, 3.8) is 0 Å². The lowest BCUT2D eigenvalue weighted by Crippen LogP contribution is -2.33. The Labute approximate surface area is 162 Å². The van der Waals surface area contributed by atoms with E-state index in [4.69, 9.17) is 27.9 Å². The van der Waals surface area contributed by atoms with Crippen LogP contribution in [-0.2, 0) is 4.79 Å². The first-order valence-corrected chi connectivity index (χ1v) is 8.85. The zero-order valence-corrected chi connectivity index (χ0v) is 15.4. The number of hydrogen-bond donors (Lipinski definition) is 1. The van der Waals surface area contributed by atoms with Crippen molar-refractivity contribution < 1.29 is 9.53 Å². The van der Waals surface area contributed by atoms with Crippen LogP contribution in [0, 0.1) is 0 Å². The molecule has 3 nitrogen and oxygen atoms in total. The number of carbonyl (C=O) groups excluding carboxylic acids is 1. The zero-order valence-electron chi connectivity index (χ0n) is 13.9. The van der Waals surface area contributed by atoms with Gasteiger partial charge in [-0.1, -0.05) is 71.7 Å². The fraction of sp³-hybridized carbons (Fsp3) is 0.0952. The quantitative estimate of drug-likeness (QED) is 0.626. The van der Waals surface area contributed by atoms with Crippen molar-refractivity contribution >= 4 is 29.1 Å². The molecular weight excluding hydrogens is 369 g/mol. The van der Waals surface area contributed by atoms with E-state index in [1.165, 1.54) is 0 Å². The number of halogens is 2. The third-order valence-corrected chi connectivity index (χ3v) is 4.29. The molecule has 0 aliphatic rings. The van der Waals surface area contributed by atoms with Gasteiger partial charge in [-0.25, -0.2) is 0 Å². The van der Waals surface area contributed by atoms with Gasteiger partial charge < -0.3 is 10.1 Å². The monoisotopic (exact) mass is 385 g/mol. The minimum Gasteiger partial charge on any atom is -0.484 e. The summed E-state index contributed by atoms with van der Waals surface area (Å²) in [5, 5.41) is 4.22. The highest BCUT2D eigenvalue weighted by Gasteiger charge is 2.17. The summed E-state index contributed by atoms with van der Waals surface area (Å²) < 4.78 is 5.52. The highest BCUT2D eigenvalue weighted by atomic mass is 35.5. The molecule has 0 aliphatic carbocycles. The van der Waals surface area contributed by atoms with Crippen molar-refractivity contribution in [3.05, 3.63) is 100 Å². The smallest absolute Gasteiger partial charge is 0.258 e. The molecule has 3 aromatic rings. The van der Waals surface area contributed by atoms with Crippen molar-refractivity contribution in [1.82, 2.24) is 5.32 Å². The Balaban J connectivity index is 1.73. The van der Waals surface area contributed by atoms with Crippen LogP contribution in [0.4, 0.5) is 0 Å². The molecule has 0 saturated carbocycles. The van der Waals surface area contributed by atoms with Gasteiger partial charge in [-0.2, -0.15) is 0 Å². The average molecular weight is 386 g/mol. The molecule has 0 aromatic heterocycles. The second-order valence-electron chi connectivity index (χ2n) is 5.71. The molecule has 0 bridgehead atoms. The summed E-state index contributed by atoms with van der Waals surface area (Å²) in [6.07, 6.45) is 0. The molecule has 3 rings (SSSR count).